The maximum Gasteiger partial charge on any atom is 0.0241 e. The third kappa shape index (κ3) is 4.63. The molecule has 13 heavy (non-hydrogen) atoms. The van der Waals surface area contributed by atoms with Gasteiger partial charge in [-0.15, -0.1) is 0 Å². The van der Waals surface area contributed by atoms with Crippen LogP contribution in [0.5, 0.6) is 0 Å². The van der Waals surface area contributed by atoms with Crippen molar-refractivity contribution in [3.05, 3.63) is 0 Å². The zero-order chi connectivity index (χ0) is 10.4. The Hall–Kier alpha value is -0.0800. The van der Waals surface area contributed by atoms with Crippen molar-refractivity contribution in [1.29, 1.82) is 0 Å². The van der Waals surface area contributed by atoms with Crippen molar-refractivity contribution in [3.63, 3.8) is 0 Å². The second-order valence-electron chi connectivity index (χ2n) is 4.53. The molecule has 0 heterocycles. The number of hydrogen-bond acceptors (Lipinski definition) is 2. The Labute approximate surface area is 83.5 Å². The first-order chi connectivity index (χ1) is 6.02. The molecule has 80 valence electrons. The van der Waals surface area contributed by atoms with E-state index in [1.54, 1.807) is 0 Å². The molecule has 0 radical (unpaired) electrons. The molecule has 0 amide bonds. The first kappa shape index (κ1) is 12.9. The molecule has 1 unspecified atom stereocenters. The fourth-order valence-electron chi connectivity index (χ4n) is 1.81. The lowest BCUT2D eigenvalue weighted by Crippen LogP contribution is -2.45. The van der Waals surface area contributed by atoms with Crippen LogP contribution in [0.15, 0.2) is 0 Å². The van der Waals surface area contributed by atoms with Crippen LogP contribution >= 0.6 is 0 Å². The van der Waals surface area contributed by atoms with Crippen LogP contribution in [0.2, 0.25) is 0 Å². The molecule has 2 N–H and O–H groups in total. The van der Waals surface area contributed by atoms with Gasteiger partial charge in [-0.2, -0.15) is 0 Å². The quantitative estimate of drug-likeness (QED) is 0.687. The summed E-state index contributed by atoms with van der Waals surface area (Å²) in [7, 11) is 0. The van der Waals surface area contributed by atoms with E-state index in [4.69, 9.17) is 5.73 Å². The zero-order valence-electron chi connectivity index (χ0n) is 9.88. The van der Waals surface area contributed by atoms with E-state index < -0.39 is 0 Å². The zero-order valence-corrected chi connectivity index (χ0v) is 9.88. The van der Waals surface area contributed by atoms with E-state index in [9.17, 15) is 0 Å². The van der Waals surface area contributed by atoms with Gasteiger partial charge < -0.3 is 5.73 Å². The third-order valence-corrected chi connectivity index (χ3v) is 2.49. The Balaban J connectivity index is 4.16. The molecule has 1 atom stereocenters. The number of nitrogens with zero attached hydrogens (tertiary/aromatic N) is 1. The predicted octanol–water partition coefficient (Wildman–Crippen LogP) is 1.95. The Morgan fingerprint density at radius 3 is 1.92 bits per heavy atom. The molecule has 0 bridgehead atoms. The molecular weight excluding hydrogens is 160 g/mol. The monoisotopic (exact) mass is 186 g/mol. The van der Waals surface area contributed by atoms with E-state index in [2.05, 4.69) is 39.5 Å². The van der Waals surface area contributed by atoms with Crippen LogP contribution in [0.3, 0.4) is 0 Å². The summed E-state index contributed by atoms with van der Waals surface area (Å²) in [5, 5.41) is 0. The second kappa shape index (κ2) is 6.39. The second-order valence-corrected chi connectivity index (χ2v) is 4.53. The highest BCUT2D eigenvalue weighted by Crippen LogP contribution is 2.11. The molecule has 2 nitrogen and oxygen atoms in total. The Bertz CT molecular complexity index is 121. The largest absolute Gasteiger partial charge is 0.329 e. The van der Waals surface area contributed by atoms with Crippen molar-refractivity contribution in [3.8, 4) is 0 Å². The van der Waals surface area contributed by atoms with Crippen LogP contribution in [0.4, 0.5) is 0 Å². The van der Waals surface area contributed by atoms with E-state index in [0.717, 1.165) is 25.6 Å². The highest BCUT2D eigenvalue weighted by atomic mass is 15.2. The van der Waals surface area contributed by atoms with Gasteiger partial charge in [0, 0.05) is 19.1 Å². The third-order valence-electron chi connectivity index (χ3n) is 2.49. The average Bonchev–Trinajstić information content (AvgIpc) is 2.02. The summed E-state index contributed by atoms with van der Waals surface area (Å²) >= 11 is 0. The summed E-state index contributed by atoms with van der Waals surface area (Å²) in [5.41, 5.74) is 5.78. The minimum atomic E-state index is 0.549. The first-order valence-electron chi connectivity index (χ1n) is 5.47. The van der Waals surface area contributed by atoms with Gasteiger partial charge in [-0.3, -0.25) is 4.90 Å². The van der Waals surface area contributed by atoms with Crippen molar-refractivity contribution < 1.29 is 0 Å². The maximum absolute atomic E-state index is 5.78. The molecule has 0 rings (SSSR count). The summed E-state index contributed by atoms with van der Waals surface area (Å²) in [4.78, 5) is 2.50. The highest BCUT2D eigenvalue weighted by molar-refractivity contribution is 4.75. The van der Waals surface area contributed by atoms with Gasteiger partial charge in [-0.25, -0.2) is 0 Å². The molecule has 0 aromatic heterocycles. The topological polar surface area (TPSA) is 29.3 Å². The van der Waals surface area contributed by atoms with Crippen molar-refractivity contribution in [1.82, 2.24) is 4.90 Å². The summed E-state index contributed by atoms with van der Waals surface area (Å²) in [6.07, 6.45) is 0. The summed E-state index contributed by atoms with van der Waals surface area (Å²) in [5.74, 6) is 1.39. The summed E-state index contributed by atoms with van der Waals surface area (Å²) in [6.45, 7) is 14.3. The van der Waals surface area contributed by atoms with E-state index in [1.807, 2.05) is 0 Å². The lowest BCUT2D eigenvalue weighted by molar-refractivity contribution is 0.150. The van der Waals surface area contributed by atoms with Crippen molar-refractivity contribution in [2.45, 2.75) is 40.7 Å². The van der Waals surface area contributed by atoms with Gasteiger partial charge in [0.1, 0.15) is 0 Å². The van der Waals surface area contributed by atoms with E-state index >= 15 is 0 Å². The van der Waals surface area contributed by atoms with Crippen molar-refractivity contribution in [2.24, 2.45) is 17.6 Å². The number of hydrogen-bond donors (Lipinski definition) is 1. The molecule has 0 spiro atoms. The van der Waals surface area contributed by atoms with E-state index in [-0.39, 0.29) is 0 Å². The van der Waals surface area contributed by atoms with E-state index in [1.165, 1.54) is 0 Å². The Morgan fingerprint density at radius 2 is 1.69 bits per heavy atom. The molecule has 0 fully saturated rings. The van der Waals surface area contributed by atoms with Crippen LogP contribution in [0, 0.1) is 11.8 Å². The fraction of sp³-hybridized carbons (Fsp3) is 1.00. The van der Waals surface area contributed by atoms with Gasteiger partial charge >= 0.3 is 0 Å². The molecular formula is C11H26N2. The summed E-state index contributed by atoms with van der Waals surface area (Å²) < 4.78 is 0. The molecule has 0 aromatic carbocycles. The first-order valence-corrected chi connectivity index (χ1v) is 5.47. The fourth-order valence-corrected chi connectivity index (χ4v) is 1.81. The molecule has 0 aliphatic rings. The van der Waals surface area contributed by atoms with Crippen LogP contribution in [-0.2, 0) is 0 Å². The van der Waals surface area contributed by atoms with Gasteiger partial charge in [0.15, 0.2) is 0 Å². The minimum Gasteiger partial charge on any atom is -0.329 e. The lowest BCUT2D eigenvalue weighted by Gasteiger charge is -2.33. The number of nitrogens with two attached hydrogens (primary N) is 1. The highest BCUT2D eigenvalue weighted by Gasteiger charge is 2.19. The SMILES string of the molecule is CCN(CC(C)C)C(CN)C(C)C. The smallest absolute Gasteiger partial charge is 0.0241 e. The Morgan fingerprint density at radius 1 is 1.15 bits per heavy atom. The molecule has 2 heteroatoms. The van der Waals surface area contributed by atoms with Crippen LogP contribution < -0.4 is 5.73 Å². The van der Waals surface area contributed by atoms with Crippen molar-refractivity contribution in [2.75, 3.05) is 19.6 Å². The average molecular weight is 186 g/mol. The van der Waals surface area contributed by atoms with Crippen LogP contribution in [0.25, 0.3) is 0 Å². The van der Waals surface area contributed by atoms with E-state index in [0.29, 0.717) is 12.0 Å². The standard InChI is InChI=1S/C11H26N2/c1-6-13(8-9(2)3)11(7-12)10(4)5/h9-11H,6-8,12H2,1-5H3. The Kier molecular flexibility index (Phi) is 6.35. The van der Waals surface area contributed by atoms with Gasteiger partial charge in [-0.1, -0.05) is 34.6 Å². The van der Waals surface area contributed by atoms with Gasteiger partial charge in [0.05, 0.1) is 0 Å². The van der Waals surface area contributed by atoms with Crippen LogP contribution in [-0.4, -0.2) is 30.6 Å². The predicted molar refractivity (Wildman–Crippen MR) is 59.8 cm³/mol. The molecule has 0 aliphatic carbocycles. The van der Waals surface area contributed by atoms with Gasteiger partial charge in [-0.05, 0) is 18.4 Å². The molecule has 0 aromatic rings. The normalized spacial score (nSPS) is 14.5. The van der Waals surface area contributed by atoms with Crippen molar-refractivity contribution >= 4 is 0 Å². The van der Waals surface area contributed by atoms with Gasteiger partial charge in [0.25, 0.3) is 0 Å². The number of likely N-dealkylation sites (N-methyl/N-ethyl adjacent to an activating group) is 1. The molecule has 0 saturated heterocycles. The summed E-state index contributed by atoms with van der Waals surface area (Å²) in [6, 6.07) is 0.549. The number of rotatable bonds is 6. The van der Waals surface area contributed by atoms with Gasteiger partial charge in [0.2, 0.25) is 0 Å². The molecule has 0 saturated carbocycles. The van der Waals surface area contributed by atoms with Crippen LogP contribution in [0.1, 0.15) is 34.6 Å². The lowest BCUT2D eigenvalue weighted by atomic mass is 10.0. The maximum atomic E-state index is 5.78. The molecule has 0 aliphatic heterocycles. The minimum absolute atomic E-state index is 0.549.